The first-order valence-electron chi connectivity index (χ1n) is 5.25. The van der Waals surface area contributed by atoms with Gasteiger partial charge in [0.15, 0.2) is 0 Å². The molecular formula is C11H21N. The molecule has 2 rings (SSSR count). The van der Waals surface area contributed by atoms with Gasteiger partial charge in [-0.05, 0) is 30.1 Å². The smallest absolute Gasteiger partial charge is 0.0138 e. The fraction of sp³-hybridized carbons (Fsp3) is 1.00. The van der Waals surface area contributed by atoms with E-state index in [1.54, 1.807) is 0 Å². The van der Waals surface area contributed by atoms with Crippen LogP contribution in [0.2, 0.25) is 0 Å². The fourth-order valence-electron chi connectivity index (χ4n) is 2.80. The Labute approximate surface area is 75.9 Å². The molecule has 0 radical (unpaired) electrons. The molecule has 0 bridgehead atoms. The average Bonchev–Trinajstić information content (AvgIpc) is 2.03. The molecule has 2 fully saturated rings. The lowest BCUT2D eigenvalue weighted by Crippen LogP contribution is -2.61. The molecule has 1 heteroatoms. The van der Waals surface area contributed by atoms with Crippen LogP contribution in [0.15, 0.2) is 0 Å². The molecule has 1 saturated heterocycles. The number of hydrogen-bond acceptors (Lipinski definition) is 1. The second-order valence-corrected chi connectivity index (χ2v) is 5.81. The lowest BCUT2D eigenvalue weighted by molar-refractivity contribution is 0.0791. The average molecular weight is 167 g/mol. The number of rotatable bonds is 0. The Hall–Kier alpha value is -0.0400. The Morgan fingerprint density at radius 3 is 2.50 bits per heavy atom. The van der Waals surface area contributed by atoms with E-state index < -0.39 is 0 Å². The van der Waals surface area contributed by atoms with E-state index in [9.17, 15) is 0 Å². The predicted octanol–water partition coefficient (Wildman–Crippen LogP) is 2.56. The van der Waals surface area contributed by atoms with E-state index >= 15 is 0 Å². The predicted molar refractivity (Wildman–Crippen MR) is 52.1 cm³/mol. The van der Waals surface area contributed by atoms with E-state index in [1.807, 2.05) is 0 Å². The molecule has 0 aromatic rings. The summed E-state index contributed by atoms with van der Waals surface area (Å²) in [5, 5.41) is 3.58. The normalized spacial score (nSPS) is 45.8. The molecule has 1 aliphatic heterocycles. The lowest BCUT2D eigenvalue weighted by atomic mass is 9.70. The molecule has 1 nitrogen and oxygen atoms in total. The maximum Gasteiger partial charge on any atom is 0.0138 e. The van der Waals surface area contributed by atoms with Gasteiger partial charge < -0.3 is 5.32 Å². The number of nitrogens with one attached hydrogen (secondary N) is 1. The van der Waals surface area contributed by atoms with Crippen molar-refractivity contribution in [1.82, 2.24) is 5.32 Å². The number of hydrogen-bond donors (Lipinski definition) is 1. The first kappa shape index (κ1) is 8.55. The number of fused-ring (bicyclic) bond motifs is 1. The Morgan fingerprint density at radius 2 is 1.92 bits per heavy atom. The highest BCUT2D eigenvalue weighted by atomic mass is 15.0. The second kappa shape index (κ2) is 2.47. The van der Waals surface area contributed by atoms with E-state index in [0.717, 1.165) is 6.04 Å². The molecule has 2 atom stereocenters. The SMILES string of the molecule is CC1(C)CCCC2(C)CNC2C1. The minimum absolute atomic E-state index is 0.579. The molecule has 1 saturated carbocycles. The van der Waals surface area contributed by atoms with Crippen molar-refractivity contribution in [2.24, 2.45) is 10.8 Å². The maximum absolute atomic E-state index is 3.58. The maximum atomic E-state index is 3.58. The van der Waals surface area contributed by atoms with Crippen LogP contribution in [0.4, 0.5) is 0 Å². The Kier molecular flexibility index (Phi) is 1.76. The molecule has 70 valence electrons. The summed E-state index contributed by atoms with van der Waals surface area (Å²) in [5.41, 5.74) is 1.23. The first-order chi connectivity index (χ1) is 5.52. The summed E-state index contributed by atoms with van der Waals surface area (Å²) in [6, 6.07) is 0.815. The second-order valence-electron chi connectivity index (χ2n) is 5.81. The topological polar surface area (TPSA) is 12.0 Å². The third kappa shape index (κ3) is 1.28. The van der Waals surface area contributed by atoms with Gasteiger partial charge in [0.2, 0.25) is 0 Å². The molecule has 0 aromatic heterocycles. The summed E-state index contributed by atoms with van der Waals surface area (Å²) in [5.74, 6) is 0. The van der Waals surface area contributed by atoms with Gasteiger partial charge in [0.25, 0.3) is 0 Å². The summed E-state index contributed by atoms with van der Waals surface area (Å²) < 4.78 is 0. The van der Waals surface area contributed by atoms with Crippen LogP contribution in [0.5, 0.6) is 0 Å². The third-order valence-corrected chi connectivity index (χ3v) is 3.95. The van der Waals surface area contributed by atoms with Gasteiger partial charge in [0, 0.05) is 12.6 Å². The molecule has 0 spiro atoms. The van der Waals surface area contributed by atoms with Crippen LogP contribution in [0.25, 0.3) is 0 Å². The molecule has 0 aromatic carbocycles. The van der Waals surface area contributed by atoms with Crippen LogP contribution in [0.1, 0.15) is 46.5 Å². The van der Waals surface area contributed by atoms with E-state index in [-0.39, 0.29) is 0 Å². The standard InChI is InChI=1S/C11H21N/c1-10(2)5-4-6-11(3)8-12-9(11)7-10/h9,12H,4-8H2,1-3H3. The van der Waals surface area contributed by atoms with Gasteiger partial charge in [-0.1, -0.05) is 27.2 Å². The van der Waals surface area contributed by atoms with E-state index in [2.05, 4.69) is 26.1 Å². The largest absolute Gasteiger partial charge is 0.313 e. The van der Waals surface area contributed by atoms with Gasteiger partial charge in [0.05, 0.1) is 0 Å². The van der Waals surface area contributed by atoms with Gasteiger partial charge in [-0.2, -0.15) is 0 Å². The van der Waals surface area contributed by atoms with Crippen molar-refractivity contribution < 1.29 is 0 Å². The molecule has 0 amide bonds. The van der Waals surface area contributed by atoms with Crippen LogP contribution in [-0.2, 0) is 0 Å². The zero-order chi connectivity index (χ0) is 8.82. The van der Waals surface area contributed by atoms with E-state index in [1.165, 1.54) is 32.2 Å². The van der Waals surface area contributed by atoms with Crippen LogP contribution >= 0.6 is 0 Å². The van der Waals surface area contributed by atoms with E-state index in [0.29, 0.717) is 10.8 Å². The minimum Gasteiger partial charge on any atom is -0.313 e. The Bertz CT molecular complexity index is 185. The monoisotopic (exact) mass is 167 g/mol. The zero-order valence-electron chi connectivity index (χ0n) is 8.61. The summed E-state index contributed by atoms with van der Waals surface area (Å²) in [6.07, 6.45) is 5.67. The Balaban J connectivity index is 2.09. The van der Waals surface area contributed by atoms with E-state index in [4.69, 9.17) is 0 Å². The lowest BCUT2D eigenvalue weighted by Gasteiger charge is -2.49. The molecule has 2 aliphatic rings. The Morgan fingerprint density at radius 1 is 1.17 bits per heavy atom. The third-order valence-electron chi connectivity index (χ3n) is 3.95. The summed E-state index contributed by atoms with van der Waals surface area (Å²) in [7, 11) is 0. The van der Waals surface area contributed by atoms with Crippen molar-refractivity contribution in [3.05, 3.63) is 0 Å². The quantitative estimate of drug-likeness (QED) is 0.584. The highest BCUT2D eigenvalue weighted by Crippen LogP contribution is 2.46. The van der Waals surface area contributed by atoms with Crippen molar-refractivity contribution in [2.45, 2.75) is 52.5 Å². The highest BCUT2D eigenvalue weighted by molar-refractivity contribution is 5.02. The van der Waals surface area contributed by atoms with Gasteiger partial charge >= 0.3 is 0 Å². The zero-order valence-corrected chi connectivity index (χ0v) is 8.61. The summed E-state index contributed by atoms with van der Waals surface area (Å²) in [6.45, 7) is 8.54. The van der Waals surface area contributed by atoms with Crippen molar-refractivity contribution in [2.75, 3.05) is 6.54 Å². The van der Waals surface area contributed by atoms with Gasteiger partial charge in [-0.25, -0.2) is 0 Å². The van der Waals surface area contributed by atoms with Crippen molar-refractivity contribution in [3.8, 4) is 0 Å². The molecule has 12 heavy (non-hydrogen) atoms. The van der Waals surface area contributed by atoms with Gasteiger partial charge in [-0.15, -0.1) is 0 Å². The van der Waals surface area contributed by atoms with Gasteiger partial charge in [-0.3, -0.25) is 0 Å². The summed E-state index contributed by atoms with van der Waals surface area (Å²) >= 11 is 0. The fourth-order valence-corrected chi connectivity index (χ4v) is 2.80. The molecule has 1 aliphatic carbocycles. The highest BCUT2D eigenvalue weighted by Gasteiger charge is 2.46. The van der Waals surface area contributed by atoms with Crippen LogP contribution < -0.4 is 5.32 Å². The van der Waals surface area contributed by atoms with Crippen molar-refractivity contribution in [3.63, 3.8) is 0 Å². The minimum atomic E-state index is 0.579. The van der Waals surface area contributed by atoms with Crippen LogP contribution in [-0.4, -0.2) is 12.6 Å². The molecule has 2 unspecified atom stereocenters. The molecule has 1 N–H and O–H groups in total. The van der Waals surface area contributed by atoms with Crippen molar-refractivity contribution in [1.29, 1.82) is 0 Å². The van der Waals surface area contributed by atoms with Crippen LogP contribution in [0, 0.1) is 10.8 Å². The van der Waals surface area contributed by atoms with Crippen LogP contribution in [0.3, 0.4) is 0 Å². The summed E-state index contributed by atoms with van der Waals surface area (Å²) in [4.78, 5) is 0. The van der Waals surface area contributed by atoms with Gasteiger partial charge in [0.1, 0.15) is 0 Å². The first-order valence-corrected chi connectivity index (χ1v) is 5.25. The van der Waals surface area contributed by atoms with Crippen molar-refractivity contribution >= 4 is 0 Å². The molecule has 1 heterocycles. The molecular weight excluding hydrogens is 146 g/mol.